The lowest BCUT2D eigenvalue weighted by atomic mass is 9.90. The molecular weight excluding hydrogens is 348 g/mol. The van der Waals surface area contributed by atoms with E-state index in [4.69, 9.17) is 4.74 Å². The molecule has 0 bridgehead atoms. The molecule has 2 fully saturated rings. The molecule has 2 amide bonds. The molecule has 134 valence electrons. The van der Waals surface area contributed by atoms with Crippen LogP contribution in [0.4, 0.5) is 0 Å². The van der Waals surface area contributed by atoms with E-state index in [-0.39, 0.29) is 6.42 Å². The third-order valence-electron chi connectivity index (χ3n) is 4.63. The number of nitrogens with zero attached hydrogens (tertiary/aromatic N) is 1. The molecule has 0 saturated carbocycles. The van der Waals surface area contributed by atoms with Crippen molar-refractivity contribution in [2.24, 2.45) is 0 Å². The van der Waals surface area contributed by atoms with Crippen molar-refractivity contribution in [2.75, 3.05) is 6.61 Å². The number of aliphatic carboxylic acids is 1. The summed E-state index contributed by atoms with van der Waals surface area (Å²) in [6.07, 6.45) is 0.0153. The van der Waals surface area contributed by atoms with Gasteiger partial charge in [0, 0.05) is 0 Å². The second-order valence-electron chi connectivity index (χ2n) is 6.40. The third kappa shape index (κ3) is 2.41. The Bertz CT molecular complexity index is 765. The Balaban J connectivity index is 1.83. The predicted molar refractivity (Wildman–Crippen MR) is 87.9 cm³/mol. The molecule has 25 heavy (non-hydrogen) atoms. The van der Waals surface area contributed by atoms with Crippen molar-refractivity contribution in [1.29, 1.82) is 0 Å². The zero-order valence-corrected chi connectivity index (χ0v) is 14.5. The third-order valence-corrected chi connectivity index (χ3v) is 6.80. The number of carbonyl (C=O) groups excluding carboxylic acids is 2. The number of hydrogen-bond donors (Lipinski definition) is 2. The first-order valence-corrected chi connectivity index (χ1v) is 8.88. The smallest absolute Gasteiger partial charge is 0.352 e. The first-order chi connectivity index (χ1) is 11.7. The highest BCUT2D eigenvalue weighted by atomic mass is 32.2. The topological polar surface area (TPSA) is 113 Å². The van der Waals surface area contributed by atoms with Gasteiger partial charge < -0.3 is 15.2 Å². The van der Waals surface area contributed by atoms with E-state index in [9.17, 15) is 23.7 Å². The molecule has 3 atom stereocenters. The second-order valence-corrected chi connectivity index (χ2v) is 8.56. The molecule has 0 radical (unpaired) electrons. The van der Waals surface area contributed by atoms with Gasteiger partial charge in [0.1, 0.15) is 11.1 Å². The van der Waals surface area contributed by atoms with E-state index in [0.717, 1.165) is 4.90 Å². The number of carbonyl (C=O) groups is 3. The number of ether oxygens (including phenoxy) is 1. The fourth-order valence-electron chi connectivity index (χ4n) is 3.27. The zero-order valence-electron chi connectivity index (χ0n) is 13.7. The van der Waals surface area contributed by atoms with Crippen LogP contribution in [0.3, 0.4) is 0 Å². The number of amides is 2. The predicted octanol–water partition coefficient (Wildman–Crippen LogP) is 0.0618. The van der Waals surface area contributed by atoms with Crippen LogP contribution >= 0.6 is 0 Å². The highest BCUT2D eigenvalue weighted by Gasteiger charge is 2.73. The van der Waals surface area contributed by atoms with Crippen LogP contribution in [0.1, 0.15) is 20.3 Å². The van der Waals surface area contributed by atoms with Crippen molar-refractivity contribution in [3.63, 3.8) is 0 Å². The monoisotopic (exact) mass is 366 g/mol. The minimum Gasteiger partial charge on any atom is -0.484 e. The Kier molecular flexibility index (Phi) is 4.06. The lowest BCUT2D eigenvalue weighted by molar-refractivity contribution is -0.173. The van der Waals surface area contributed by atoms with Gasteiger partial charge in [-0.05, 0) is 26.0 Å². The number of β-lactam (4-membered cyclic amide) rings is 1. The molecule has 0 aliphatic carbocycles. The molecule has 9 heteroatoms. The summed E-state index contributed by atoms with van der Waals surface area (Å²) >= 11 is 0. The van der Waals surface area contributed by atoms with Crippen molar-refractivity contribution in [2.45, 2.75) is 36.1 Å². The SMILES string of the molecule is CC1(C)S(=O)[C@@H]2CC(=O)N2C1(NC(=O)COc1ccccc1)C(=O)O. The van der Waals surface area contributed by atoms with E-state index < -0.39 is 51.0 Å². The largest absolute Gasteiger partial charge is 0.484 e. The van der Waals surface area contributed by atoms with E-state index >= 15 is 0 Å². The minimum atomic E-state index is -2.06. The maximum Gasteiger partial charge on any atom is 0.352 e. The molecule has 8 nitrogen and oxygen atoms in total. The highest BCUT2D eigenvalue weighted by Crippen LogP contribution is 2.48. The highest BCUT2D eigenvalue weighted by molar-refractivity contribution is 7.87. The molecular formula is C16H18N2O6S. The van der Waals surface area contributed by atoms with Gasteiger partial charge in [-0.15, -0.1) is 0 Å². The second kappa shape index (κ2) is 5.83. The van der Waals surface area contributed by atoms with Gasteiger partial charge in [-0.25, -0.2) is 4.79 Å². The van der Waals surface area contributed by atoms with Gasteiger partial charge in [0.2, 0.25) is 11.6 Å². The summed E-state index contributed by atoms with van der Waals surface area (Å²) in [6, 6.07) is 8.57. The van der Waals surface area contributed by atoms with Crippen molar-refractivity contribution in [3.05, 3.63) is 30.3 Å². The number of rotatable bonds is 5. The van der Waals surface area contributed by atoms with Crippen LogP contribution in [0.25, 0.3) is 0 Å². The van der Waals surface area contributed by atoms with Gasteiger partial charge in [-0.2, -0.15) is 0 Å². The minimum absolute atomic E-state index is 0.0153. The zero-order chi connectivity index (χ0) is 18.4. The quantitative estimate of drug-likeness (QED) is 0.713. The van der Waals surface area contributed by atoms with E-state index in [0.29, 0.717) is 5.75 Å². The van der Waals surface area contributed by atoms with Crippen LogP contribution in [-0.4, -0.2) is 54.4 Å². The lowest BCUT2D eigenvalue weighted by Gasteiger charge is -2.45. The molecule has 2 aliphatic heterocycles. The van der Waals surface area contributed by atoms with Crippen LogP contribution in [0.5, 0.6) is 5.75 Å². The maximum absolute atomic E-state index is 12.6. The first kappa shape index (κ1) is 17.4. The molecule has 2 unspecified atom stereocenters. The fourth-order valence-corrected chi connectivity index (χ4v) is 5.23. The van der Waals surface area contributed by atoms with E-state index in [1.54, 1.807) is 30.3 Å². The summed E-state index contributed by atoms with van der Waals surface area (Å²) in [5.74, 6) is -2.13. The van der Waals surface area contributed by atoms with Crippen LogP contribution in [0.2, 0.25) is 0 Å². The Morgan fingerprint density at radius 2 is 2.00 bits per heavy atom. The molecule has 1 aromatic rings. The Labute approximate surface area is 146 Å². The number of benzene rings is 1. The summed E-state index contributed by atoms with van der Waals surface area (Å²) in [5, 5.41) is 11.5. The molecule has 2 N–H and O–H groups in total. The van der Waals surface area contributed by atoms with Crippen molar-refractivity contribution >= 4 is 28.6 Å². The van der Waals surface area contributed by atoms with Crippen molar-refractivity contribution in [1.82, 2.24) is 10.2 Å². The van der Waals surface area contributed by atoms with Crippen LogP contribution in [0, 0.1) is 0 Å². The lowest BCUT2D eigenvalue weighted by Crippen LogP contribution is -2.75. The van der Waals surface area contributed by atoms with E-state index in [2.05, 4.69) is 5.32 Å². The Morgan fingerprint density at radius 3 is 2.56 bits per heavy atom. The number of fused-ring (bicyclic) bond motifs is 1. The summed E-state index contributed by atoms with van der Waals surface area (Å²) < 4.78 is 16.6. The Morgan fingerprint density at radius 1 is 1.36 bits per heavy atom. The number of carboxylic acid groups (broad SMARTS) is 1. The summed E-state index contributed by atoms with van der Waals surface area (Å²) in [5.41, 5.74) is -2.06. The fraction of sp³-hybridized carbons (Fsp3) is 0.438. The van der Waals surface area contributed by atoms with Crippen molar-refractivity contribution < 1.29 is 28.4 Å². The van der Waals surface area contributed by atoms with E-state index in [1.165, 1.54) is 13.8 Å². The number of para-hydroxylation sites is 1. The molecule has 0 aromatic heterocycles. The number of hydrogen-bond acceptors (Lipinski definition) is 5. The number of nitrogens with one attached hydrogen (secondary N) is 1. The number of carboxylic acids is 1. The molecule has 0 spiro atoms. The van der Waals surface area contributed by atoms with Gasteiger partial charge in [-0.3, -0.25) is 18.7 Å². The standard InChI is InChI=1S/C16H18N2O6S/c1-15(2)16(14(21)22,18-12(20)8-13(18)25(15)23)17-11(19)9-24-10-6-4-3-5-7-10/h3-7,13H,8-9H2,1-2H3,(H,17,19)(H,21,22)/t13-,16?,25?/m1/s1. The average Bonchev–Trinajstić information content (AvgIpc) is 2.69. The van der Waals surface area contributed by atoms with Crippen molar-refractivity contribution in [3.8, 4) is 5.75 Å². The van der Waals surface area contributed by atoms with Crippen LogP contribution in [-0.2, 0) is 25.2 Å². The van der Waals surface area contributed by atoms with Gasteiger partial charge in [0.15, 0.2) is 6.61 Å². The van der Waals surface area contributed by atoms with Gasteiger partial charge in [0.25, 0.3) is 5.91 Å². The molecule has 1 aromatic carbocycles. The molecule has 3 rings (SSSR count). The summed E-state index contributed by atoms with van der Waals surface area (Å²) in [4.78, 5) is 37.4. The first-order valence-electron chi connectivity index (χ1n) is 7.67. The van der Waals surface area contributed by atoms with Crippen LogP contribution < -0.4 is 10.1 Å². The molecule has 2 aliphatic rings. The summed E-state index contributed by atoms with van der Waals surface area (Å²) in [6.45, 7) is 2.52. The Hall–Kier alpha value is -2.42. The van der Waals surface area contributed by atoms with E-state index in [1.807, 2.05) is 0 Å². The van der Waals surface area contributed by atoms with Gasteiger partial charge >= 0.3 is 5.97 Å². The van der Waals surface area contributed by atoms with Gasteiger partial charge in [0.05, 0.1) is 22.0 Å². The average molecular weight is 366 g/mol. The normalized spacial score (nSPS) is 29.5. The maximum atomic E-state index is 12.6. The molecule has 2 heterocycles. The summed E-state index contributed by atoms with van der Waals surface area (Å²) in [7, 11) is -1.62. The van der Waals surface area contributed by atoms with Crippen LogP contribution in [0.15, 0.2) is 30.3 Å². The molecule has 2 saturated heterocycles. The van der Waals surface area contributed by atoms with Gasteiger partial charge in [-0.1, -0.05) is 18.2 Å².